The van der Waals surface area contributed by atoms with Crippen molar-refractivity contribution in [1.29, 1.82) is 0 Å². The monoisotopic (exact) mass is 482 g/mol. The van der Waals surface area contributed by atoms with Crippen LogP contribution >= 0.6 is 0 Å². The zero-order valence-corrected chi connectivity index (χ0v) is 19.2. The predicted octanol–water partition coefficient (Wildman–Crippen LogP) is 6.41. The Morgan fingerprint density at radius 3 is 2.31 bits per heavy atom. The molecule has 0 bridgehead atoms. The second-order valence-electron chi connectivity index (χ2n) is 8.06. The average molecular weight is 483 g/mol. The molecule has 0 saturated carbocycles. The molecular weight excluding hydrogens is 457 g/mol. The third kappa shape index (κ3) is 6.01. The summed E-state index contributed by atoms with van der Waals surface area (Å²) in [5.74, 6) is 0.00196. The number of halogens is 3. The van der Waals surface area contributed by atoms with E-state index in [4.69, 9.17) is 9.47 Å². The van der Waals surface area contributed by atoms with Crippen molar-refractivity contribution in [2.24, 2.45) is 4.99 Å². The van der Waals surface area contributed by atoms with Gasteiger partial charge in [0.25, 0.3) is 0 Å². The van der Waals surface area contributed by atoms with Gasteiger partial charge in [0, 0.05) is 30.6 Å². The molecule has 0 saturated heterocycles. The number of pyridine rings is 1. The summed E-state index contributed by atoms with van der Waals surface area (Å²) in [5.41, 5.74) is 1.24. The number of hydrogen-bond donors (Lipinski definition) is 1. The van der Waals surface area contributed by atoms with Gasteiger partial charge < -0.3 is 14.6 Å². The number of aryl methyl sites for hydroxylation is 1. The maximum absolute atomic E-state index is 14.0. The highest BCUT2D eigenvalue weighted by Crippen LogP contribution is 2.37. The van der Waals surface area contributed by atoms with Gasteiger partial charge in [0.2, 0.25) is 0 Å². The Bertz CT molecular complexity index is 1220. The van der Waals surface area contributed by atoms with Gasteiger partial charge in [0.05, 0.1) is 5.57 Å². The van der Waals surface area contributed by atoms with E-state index in [9.17, 15) is 18.3 Å². The van der Waals surface area contributed by atoms with E-state index < -0.39 is 11.7 Å². The third-order valence-electron chi connectivity index (χ3n) is 5.62. The number of allylic oxidation sites excluding steroid dienone is 2. The molecule has 5 nitrogen and oxygen atoms in total. The van der Waals surface area contributed by atoms with Gasteiger partial charge in [-0.25, -0.2) is 0 Å². The standard InChI is InChI=1S/C27H25F3N2O3/c1-2-18-5-7-20(8-6-18)35-26-23(27(28,29)30)4-3-13-32-25(26)22-10-9-21(16-24(22)33)34-17-19-11-14-31-15-12-19/h5-12,14-16,33H,2-4,13,17H2,1H3. The molecule has 1 aliphatic heterocycles. The van der Waals surface area contributed by atoms with Gasteiger partial charge >= 0.3 is 6.18 Å². The first-order valence-corrected chi connectivity index (χ1v) is 11.3. The summed E-state index contributed by atoms with van der Waals surface area (Å²) in [4.78, 5) is 8.33. The number of benzene rings is 2. The molecule has 1 N–H and O–H groups in total. The van der Waals surface area contributed by atoms with Gasteiger partial charge in [-0.3, -0.25) is 9.98 Å². The molecule has 0 aliphatic carbocycles. The molecule has 1 aliphatic rings. The molecule has 2 heterocycles. The highest BCUT2D eigenvalue weighted by atomic mass is 19.4. The van der Waals surface area contributed by atoms with Crippen LogP contribution in [0.15, 0.2) is 83.3 Å². The number of alkyl halides is 3. The quantitative estimate of drug-likeness (QED) is 0.423. The van der Waals surface area contributed by atoms with E-state index in [0.717, 1.165) is 17.5 Å². The van der Waals surface area contributed by atoms with Crippen molar-refractivity contribution in [2.45, 2.75) is 39.0 Å². The lowest BCUT2D eigenvalue weighted by atomic mass is 10.0. The zero-order valence-electron chi connectivity index (χ0n) is 19.2. The summed E-state index contributed by atoms with van der Waals surface area (Å²) >= 11 is 0. The largest absolute Gasteiger partial charge is 0.507 e. The summed E-state index contributed by atoms with van der Waals surface area (Å²) in [6.07, 6.45) is -0.530. The minimum atomic E-state index is -4.60. The van der Waals surface area contributed by atoms with Gasteiger partial charge in [0.15, 0.2) is 5.76 Å². The van der Waals surface area contributed by atoms with Gasteiger partial charge in [-0.15, -0.1) is 0 Å². The van der Waals surface area contributed by atoms with Crippen LogP contribution in [-0.4, -0.2) is 28.5 Å². The van der Waals surface area contributed by atoms with Crippen LogP contribution in [0.25, 0.3) is 0 Å². The van der Waals surface area contributed by atoms with E-state index in [1.165, 1.54) is 12.1 Å². The summed E-state index contributed by atoms with van der Waals surface area (Å²) in [6.45, 7) is 2.42. The molecule has 0 spiro atoms. The van der Waals surface area contributed by atoms with E-state index >= 15 is 0 Å². The molecule has 182 valence electrons. The summed E-state index contributed by atoms with van der Waals surface area (Å²) in [5, 5.41) is 10.7. The van der Waals surface area contributed by atoms with Gasteiger partial charge in [-0.05, 0) is 66.8 Å². The van der Waals surface area contributed by atoms with Gasteiger partial charge in [-0.1, -0.05) is 19.1 Å². The molecule has 0 atom stereocenters. The SMILES string of the molecule is CCc1ccc(OC2=C(C(F)(F)F)CCCN=C2c2ccc(OCc3ccncc3)cc2O)cc1. The van der Waals surface area contributed by atoms with E-state index in [-0.39, 0.29) is 54.5 Å². The maximum atomic E-state index is 14.0. The van der Waals surface area contributed by atoms with Crippen molar-refractivity contribution in [3.8, 4) is 17.2 Å². The molecule has 8 heteroatoms. The van der Waals surface area contributed by atoms with E-state index in [1.54, 1.807) is 42.7 Å². The van der Waals surface area contributed by atoms with Crippen LogP contribution in [0.3, 0.4) is 0 Å². The van der Waals surface area contributed by atoms with Crippen LogP contribution in [0.2, 0.25) is 0 Å². The van der Waals surface area contributed by atoms with Crippen molar-refractivity contribution in [1.82, 2.24) is 4.98 Å². The van der Waals surface area contributed by atoms with Gasteiger partial charge in [-0.2, -0.15) is 13.2 Å². The first-order valence-electron chi connectivity index (χ1n) is 11.3. The van der Waals surface area contributed by atoms with Crippen molar-refractivity contribution < 1.29 is 27.8 Å². The molecule has 0 fully saturated rings. The molecule has 1 aromatic heterocycles. The molecule has 4 rings (SSSR count). The van der Waals surface area contributed by atoms with Crippen molar-refractivity contribution >= 4 is 5.71 Å². The second-order valence-corrected chi connectivity index (χ2v) is 8.06. The fourth-order valence-corrected chi connectivity index (χ4v) is 3.72. The molecule has 2 aromatic carbocycles. The number of nitrogens with zero attached hydrogens (tertiary/aromatic N) is 2. The van der Waals surface area contributed by atoms with Crippen LogP contribution < -0.4 is 9.47 Å². The van der Waals surface area contributed by atoms with Crippen molar-refractivity contribution in [2.75, 3.05) is 6.54 Å². The Morgan fingerprint density at radius 2 is 1.66 bits per heavy atom. The van der Waals surface area contributed by atoms with Crippen LogP contribution in [0.1, 0.15) is 36.5 Å². The topological polar surface area (TPSA) is 63.9 Å². The average Bonchev–Trinajstić information content (AvgIpc) is 3.06. The maximum Gasteiger partial charge on any atom is 0.416 e. The first-order chi connectivity index (χ1) is 16.8. The fourth-order valence-electron chi connectivity index (χ4n) is 3.72. The van der Waals surface area contributed by atoms with Crippen molar-refractivity contribution in [3.05, 3.63) is 95.0 Å². The Morgan fingerprint density at radius 1 is 0.943 bits per heavy atom. The minimum absolute atomic E-state index is 0.0347. The van der Waals surface area contributed by atoms with E-state index in [1.807, 2.05) is 19.1 Å². The number of aromatic hydroxyl groups is 1. The lowest BCUT2D eigenvalue weighted by molar-refractivity contribution is -0.0959. The molecule has 3 aromatic rings. The number of ether oxygens (including phenoxy) is 2. The molecule has 0 unspecified atom stereocenters. The van der Waals surface area contributed by atoms with Crippen LogP contribution in [0.4, 0.5) is 13.2 Å². The van der Waals surface area contributed by atoms with Crippen LogP contribution in [-0.2, 0) is 13.0 Å². The Labute approximate surface area is 201 Å². The van der Waals surface area contributed by atoms with E-state index in [0.29, 0.717) is 5.75 Å². The molecule has 35 heavy (non-hydrogen) atoms. The van der Waals surface area contributed by atoms with Crippen LogP contribution in [0, 0.1) is 0 Å². The summed E-state index contributed by atoms with van der Waals surface area (Å²) in [6, 6.07) is 14.9. The second kappa shape index (κ2) is 10.6. The normalized spacial score (nSPS) is 14.3. The highest BCUT2D eigenvalue weighted by molar-refractivity contribution is 6.14. The molecule has 0 radical (unpaired) electrons. The van der Waals surface area contributed by atoms with E-state index in [2.05, 4.69) is 9.98 Å². The number of aliphatic imine (C=N–C) groups is 1. The highest BCUT2D eigenvalue weighted by Gasteiger charge is 2.39. The number of aromatic nitrogens is 1. The Kier molecular flexibility index (Phi) is 7.39. The summed E-state index contributed by atoms with van der Waals surface area (Å²) < 4.78 is 53.6. The number of hydrogen-bond acceptors (Lipinski definition) is 5. The molecular formula is C27H25F3N2O3. The summed E-state index contributed by atoms with van der Waals surface area (Å²) in [7, 11) is 0. The predicted molar refractivity (Wildman–Crippen MR) is 127 cm³/mol. The Balaban J connectivity index is 1.67. The number of rotatable bonds is 7. The van der Waals surface area contributed by atoms with Gasteiger partial charge in [0.1, 0.15) is 29.6 Å². The molecule has 0 amide bonds. The lowest BCUT2D eigenvalue weighted by Crippen LogP contribution is -2.21. The van der Waals surface area contributed by atoms with Crippen LogP contribution in [0.5, 0.6) is 17.2 Å². The smallest absolute Gasteiger partial charge is 0.416 e. The Hall–Kier alpha value is -3.81. The number of phenolic OH excluding ortho intramolecular Hbond substituents is 1. The zero-order chi connectivity index (χ0) is 24.8. The number of phenols is 1. The third-order valence-corrected chi connectivity index (χ3v) is 5.62. The minimum Gasteiger partial charge on any atom is -0.507 e. The first kappa shape index (κ1) is 24.3. The fraction of sp³-hybridized carbons (Fsp3) is 0.259. The van der Waals surface area contributed by atoms with Crippen molar-refractivity contribution in [3.63, 3.8) is 0 Å². The lowest BCUT2D eigenvalue weighted by Gasteiger charge is -2.19.